The van der Waals surface area contributed by atoms with Gasteiger partial charge in [0.05, 0.1) is 12.1 Å². The Morgan fingerprint density at radius 2 is 1.56 bits per heavy atom. The van der Waals surface area contributed by atoms with E-state index in [2.05, 4.69) is 0 Å². The Kier molecular flexibility index (Phi) is 6.58. The number of rotatable bonds is 7. The molecule has 0 aliphatic carbocycles. The monoisotopic (exact) mass is 443 g/mol. The second-order valence-electron chi connectivity index (χ2n) is 6.93. The lowest BCUT2D eigenvalue weighted by Gasteiger charge is -2.13. The van der Waals surface area contributed by atoms with Gasteiger partial charge in [0, 0.05) is 24.8 Å². The summed E-state index contributed by atoms with van der Waals surface area (Å²) in [4.78, 5) is 35.1. The Labute approximate surface area is 179 Å². The molecule has 0 saturated heterocycles. The van der Waals surface area contributed by atoms with Crippen molar-refractivity contribution < 1.29 is 33.0 Å². The van der Waals surface area contributed by atoms with Crippen LogP contribution in [0.5, 0.6) is 0 Å². The van der Waals surface area contributed by atoms with E-state index in [0.29, 0.717) is 23.3 Å². The van der Waals surface area contributed by atoms with E-state index in [-0.39, 0.29) is 24.1 Å². The predicted molar refractivity (Wildman–Crippen MR) is 109 cm³/mol. The number of carbonyl (C=O) groups is 2. The van der Waals surface area contributed by atoms with Gasteiger partial charge in [-0.05, 0) is 41.0 Å². The van der Waals surface area contributed by atoms with Gasteiger partial charge in [-0.15, -0.1) is 0 Å². The number of ketones is 1. The molecule has 1 heterocycles. The number of halogens is 3. The zero-order valence-electron chi connectivity index (χ0n) is 16.4. The van der Waals surface area contributed by atoms with Crippen molar-refractivity contribution >= 4 is 17.5 Å². The average Bonchev–Trinajstić information content (AvgIpc) is 2.73. The number of hydrogen-bond acceptors (Lipinski definition) is 4. The van der Waals surface area contributed by atoms with Crippen LogP contribution in [0.2, 0.25) is 0 Å². The predicted octanol–water partition coefficient (Wildman–Crippen LogP) is 3.46. The van der Waals surface area contributed by atoms with Crippen LogP contribution in [-0.2, 0) is 22.6 Å². The molecule has 1 aromatic heterocycles. The van der Waals surface area contributed by atoms with Crippen LogP contribution in [0.1, 0.15) is 22.3 Å². The molecular weight excluding hydrogens is 427 g/mol. The highest BCUT2D eigenvalue weighted by Gasteiger charge is 2.16. The van der Waals surface area contributed by atoms with E-state index < -0.39 is 40.5 Å². The summed E-state index contributed by atoms with van der Waals surface area (Å²) in [5.41, 5.74) is -0.190. The number of carboxylic acid groups (broad SMARTS) is 1. The Morgan fingerprint density at radius 3 is 2.19 bits per heavy atom. The standard InChI is InChI=1S/C23H16F3NO5/c24-16-4-1-13(2-5-16)11-27-12-14(7-15-3-6-17(25)9-19(15)26)8-18(22(27)30)20(28)10-21(29)23(31)32/h1-6,8-10,12,28H,7,11H2,(H,31,32)/b20-10-. The van der Waals surface area contributed by atoms with Crippen molar-refractivity contribution in [2.45, 2.75) is 13.0 Å². The summed E-state index contributed by atoms with van der Waals surface area (Å²) >= 11 is 0. The normalized spacial score (nSPS) is 11.4. The lowest BCUT2D eigenvalue weighted by molar-refractivity contribution is -0.146. The number of aliphatic hydroxyl groups excluding tert-OH is 1. The topological polar surface area (TPSA) is 96.6 Å². The number of aromatic nitrogens is 1. The van der Waals surface area contributed by atoms with Gasteiger partial charge in [-0.1, -0.05) is 18.2 Å². The van der Waals surface area contributed by atoms with E-state index in [1.165, 1.54) is 42.6 Å². The Hall–Kier alpha value is -4.14. The molecule has 0 radical (unpaired) electrons. The maximum atomic E-state index is 14.1. The Balaban J connectivity index is 2.09. The largest absolute Gasteiger partial charge is 0.507 e. The number of pyridine rings is 1. The van der Waals surface area contributed by atoms with E-state index in [0.717, 1.165) is 10.6 Å². The third-order valence-electron chi connectivity index (χ3n) is 4.57. The summed E-state index contributed by atoms with van der Waals surface area (Å²) in [6, 6.07) is 9.46. The van der Waals surface area contributed by atoms with Crippen molar-refractivity contribution in [3.63, 3.8) is 0 Å². The minimum absolute atomic E-state index is 0.0496. The first-order valence-corrected chi connectivity index (χ1v) is 9.24. The van der Waals surface area contributed by atoms with Crippen LogP contribution in [0.3, 0.4) is 0 Å². The molecule has 2 N–H and O–H groups in total. The van der Waals surface area contributed by atoms with Gasteiger partial charge in [-0.25, -0.2) is 18.0 Å². The molecule has 0 fully saturated rings. The number of nitrogens with zero attached hydrogens (tertiary/aromatic N) is 1. The van der Waals surface area contributed by atoms with E-state index in [1.807, 2.05) is 0 Å². The molecule has 0 unspecified atom stereocenters. The van der Waals surface area contributed by atoms with Crippen LogP contribution in [0.15, 0.2) is 65.6 Å². The van der Waals surface area contributed by atoms with Gasteiger partial charge in [-0.2, -0.15) is 0 Å². The molecule has 0 atom stereocenters. The fraction of sp³-hybridized carbons (Fsp3) is 0.0870. The number of aliphatic hydroxyl groups is 1. The fourth-order valence-corrected chi connectivity index (χ4v) is 3.03. The lowest BCUT2D eigenvalue weighted by Crippen LogP contribution is -2.25. The van der Waals surface area contributed by atoms with Crippen LogP contribution in [0.25, 0.3) is 5.76 Å². The van der Waals surface area contributed by atoms with Crippen LogP contribution in [0, 0.1) is 17.5 Å². The minimum atomic E-state index is -1.83. The highest BCUT2D eigenvalue weighted by molar-refractivity contribution is 6.38. The summed E-state index contributed by atoms with van der Waals surface area (Å²) < 4.78 is 41.6. The molecular formula is C23H16F3NO5. The van der Waals surface area contributed by atoms with E-state index in [1.54, 1.807) is 0 Å². The van der Waals surface area contributed by atoms with Crippen LogP contribution in [0.4, 0.5) is 13.2 Å². The van der Waals surface area contributed by atoms with Gasteiger partial charge < -0.3 is 14.8 Å². The maximum absolute atomic E-state index is 14.1. The molecule has 0 amide bonds. The van der Waals surface area contributed by atoms with E-state index in [4.69, 9.17) is 5.11 Å². The van der Waals surface area contributed by atoms with Crippen molar-refractivity contribution in [3.8, 4) is 0 Å². The quantitative estimate of drug-likeness (QED) is 0.331. The summed E-state index contributed by atoms with van der Waals surface area (Å²) in [7, 11) is 0. The molecule has 0 saturated carbocycles. The number of carbonyl (C=O) groups excluding carboxylic acids is 1. The van der Waals surface area contributed by atoms with Gasteiger partial charge in [0.15, 0.2) is 0 Å². The second-order valence-corrected chi connectivity index (χ2v) is 6.93. The van der Waals surface area contributed by atoms with Crippen LogP contribution < -0.4 is 5.56 Å². The molecule has 3 aromatic rings. The summed E-state index contributed by atoms with van der Waals surface area (Å²) in [6.45, 7) is -0.0496. The molecule has 0 bridgehead atoms. The van der Waals surface area contributed by atoms with E-state index in [9.17, 15) is 32.7 Å². The van der Waals surface area contributed by atoms with Crippen molar-refractivity contribution in [2.24, 2.45) is 0 Å². The summed E-state index contributed by atoms with van der Waals surface area (Å²) in [5, 5.41) is 18.9. The number of hydrogen-bond donors (Lipinski definition) is 2. The molecule has 0 spiro atoms. The van der Waals surface area contributed by atoms with Gasteiger partial charge in [0.1, 0.15) is 23.2 Å². The highest BCUT2D eigenvalue weighted by atomic mass is 19.1. The van der Waals surface area contributed by atoms with Gasteiger partial charge in [0.25, 0.3) is 11.3 Å². The Bertz CT molecular complexity index is 1280. The molecule has 0 aliphatic rings. The SMILES string of the molecule is O=C(O)C(=O)/C=C(\O)c1cc(Cc2ccc(F)cc2F)cn(Cc2ccc(F)cc2)c1=O. The van der Waals surface area contributed by atoms with Gasteiger partial charge >= 0.3 is 5.97 Å². The van der Waals surface area contributed by atoms with Gasteiger partial charge in [-0.3, -0.25) is 9.59 Å². The van der Waals surface area contributed by atoms with Crippen LogP contribution in [-0.4, -0.2) is 26.5 Å². The number of aliphatic carboxylic acids is 1. The summed E-state index contributed by atoms with van der Waals surface area (Å²) in [5.74, 6) is -6.20. The molecule has 9 heteroatoms. The summed E-state index contributed by atoms with van der Waals surface area (Å²) in [6.07, 6.45) is 1.68. The lowest BCUT2D eigenvalue weighted by atomic mass is 10.0. The average molecular weight is 443 g/mol. The van der Waals surface area contributed by atoms with Crippen molar-refractivity contribution in [1.82, 2.24) is 4.57 Å². The molecule has 32 heavy (non-hydrogen) atoms. The molecule has 164 valence electrons. The first-order valence-electron chi connectivity index (χ1n) is 9.24. The fourth-order valence-electron chi connectivity index (χ4n) is 3.03. The minimum Gasteiger partial charge on any atom is -0.507 e. The third kappa shape index (κ3) is 5.31. The highest BCUT2D eigenvalue weighted by Crippen LogP contribution is 2.17. The molecule has 0 aliphatic heterocycles. The smallest absolute Gasteiger partial charge is 0.376 e. The van der Waals surface area contributed by atoms with Gasteiger partial charge in [0.2, 0.25) is 0 Å². The first-order chi connectivity index (χ1) is 15.1. The number of benzene rings is 2. The van der Waals surface area contributed by atoms with Crippen molar-refractivity contribution in [2.75, 3.05) is 0 Å². The zero-order chi connectivity index (χ0) is 23.4. The third-order valence-corrected chi connectivity index (χ3v) is 4.57. The first kappa shape index (κ1) is 22.5. The molecule has 6 nitrogen and oxygen atoms in total. The van der Waals surface area contributed by atoms with Crippen molar-refractivity contribution in [1.29, 1.82) is 0 Å². The Morgan fingerprint density at radius 1 is 0.906 bits per heavy atom. The zero-order valence-corrected chi connectivity index (χ0v) is 16.4. The molecule has 3 rings (SSSR count). The molecule has 2 aromatic carbocycles. The number of carboxylic acids is 1. The van der Waals surface area contributed by atoms with Crippen molar-refractivity contribution in [3.05, 3.63) is 111 Å². The maximum Gasteiger partial charge on any atom is 0.376 e. The van der Waals surface area contributed by atoms with E-state index >= 15 is 0 Å². The van der Waals surface area contributed by atoms with Crippen LogP contribution >= 0.6 is 0 Å². The second kappa shape index (κ2) is 9.34.